The number of methoxy groups -OCH3 is 1. The number of thioether (sulfide) groups is 2. The largest absolute Gasteiger partial charge is 0.493 e. The lowest BCUT2D eigenvalue weighted by atomic mass is 10.1. The topological polar surface area (TPSA) is 35.5 Å². The number of carbonyl (C=O) groups excluding carboxylic acids is 1. The van der Waals surface area contributed by atoms with Crippen LogP contribution in [0, 0.1) is 5.92 Å². The normalized spacial score (nSPS) is 15.4. The summed E-state index contributed by atoms with van der Waals surface area (Å²) in [7, 11) is 1.61. The van der Waals surface area contributed by atoms with Crippen LogP contribution < -0.4 is 9.47 Å². The highest BCUT2D eigenvalue weighted by molar-refractivity contribution is 8.19. The van der Waals surface area contributed by atoms with Crippen LogP contribution in [0.4, 0.5) is 0 Å². The lowest BCUT2D eigenvalue weighted by Crippen LogP contribution is -2.09. The lowest BCUT2D eigenvalue weighted by molar-refractivity contribution is -0.134. The van der Waals surface area contributed by atoms with E-state index in [1.807, 2.05) is 41.7 Å². The van der Waals surface area contributed by atoms with Crippen LogP contribution >= 0.6 is 23.5 Å². The summed E-state index contributed by atoms with van der Waals surface area (Å²) in [5.41, 5.74) is 1.22. The van der Waals surface area contributed by atoms with Gasteiger partial charge in [-0.2, -0.15) is 0 Å². The van der Waals surface area contributed by atoms with E-state index in [2.05, 4.69) is 13.8 Å². The smallest absolute Gasteiger partial charge is 0.311 e. The molecule has 1 heterocycles. The molecule has 0 bridgehead atoms. The lowest BCUT2D eigenvalue weighted by Gasteiger charge is -2.14. The van der Waals surface area contributed by atoms with Gasteiger partial charge in [-0.3, -0.25) is 4.79 Å². The van der Waals surface area contributed by atoms with Crippen molar-refractivity contribution in [3.63, 3.8) is 0 Å². The van der Waals surface area contributed by atoms with E-state index in [0.717, 1.165) is 6.42 Å². The van der Waals surface area contributed by atoms with Gasteiger partial charge in [0.15, 0.2) is 11.5 Å². The first-order valence-electron chi connectivity index (χ1n) is 7.22. The molecule has 0 unspecified atom stereocenters. The van der Waals surface area contributed by atoms with Crippen LogP contribution in [0.3, 0.4) is 0 Å². The Hall–Kier alpha value is -0.810. The standard InChI is InChI=1S/C16H22O3S2/c1-11(2)4-7-15(17)19-13-6-5-12(10-14(13)18-3)16-20-8-9-21-16/h5-6,10-11,16H,4,7-9H2,1-3H3. The Morgan fingerprint density at radius 3 is 2.62 bits per heavy atom. The van der Waals surface area contributed by atoms with Crippen molar-refractivity contribution in [3.8, 4) is 11.5 Å². The third-order valence-electron chi connectivity index (χ3n) is 3.23. The van der Waals surface area contributed by atoms with E-state index < -0.39 is 0 Å². The van der Waals surface area contributed by atoms with Crippen molar-refractivity contribution < 1.29 is 14.3 Å². The molecular formula is C16H22O3S2. The molecule has 1 aromatic carbocycles. The van der Waals surface area contributed by atoms with Gasteiger partial charge in [0.1, 0.15) is 0 Å². The van der Waals surface area contributed by atoms with Crippen LogP contribution in [0.25, 0.3) is 0 Å². The number of hydrogen-bond acceptors (Lipinski definition) is 5. The minimum Gasteiger partial charge on any atom is -0.493 e. The number of rotatable bonds is 6. The van der Waals surface area contributed by atoms with Gasteiger partial charge in [0, 0.05) is 17.9 Å². The summed E-state index contributed by atoms with van der Waals surface area (Å²) in [6.07, 6.45) is 1.28. The second-order valence-electron chi connectivity index (χ2n) is 5.39. The van der Waals surface area contributed by atoms with Crippen LogP contribution in [0.15, 0.2) is 18.2 Å². The van der Waals surface area contributed by atoms with Crippen molar-refractivity contribution in [2.45, 2.75) is 31.3 Å². The van der Waals surface area contributed by atoms with Crippen LogP contribution in [-0.4, -0.2) is 24.6 Å². The van der Waals surface area contributed by atoms with Crippen molar-refractivity contribution in [2.24, 2.45) is 5.92 Å². The number of carbonyl (C=O) groups is 1. The van der Waals surface area contributed by atoms with Gasteiger partial charge >= 0.3 is 5.97 Å². The number of esters is 1. The maximum atomic E-state index is 11.8. The molecule has 3 nitrogen and oxygen atoms in total. The van der Waals surface area contributed by atoms with Gasteiger partial charge < -0.3 is 9.47 Å². The average molecular weight is 326 g/mol. The molecule has 0 N–H and O–H groups in total. The Labute approximate surface area is 135 Å². The Morgan fingerprint density at radius 1 is 1.29 bits per heavy atom. The molecule has 5 heteroatoms. The van der Waals surface area contributed by atoms with Gasteiger partial charge in [-0.25, -0.2) is 0 Å². The highest BCUT2D eigenvalue weighted by atomic mass is 32.2. The average Bonchev–Trinajstić information content (AvgIpc) is 2.99. The molecule has 1 aliphatic rings. The highest BCUT2D eigenvalue weighted by Gasteiger charge is 2.20. The molecule has 2 rings (SSSR count). The molecule has 21 heavy (non-hydrogen) atoms. The van der Waals surface area contributed by atoms with Crippen molar-refractivity contribution in [2.75, 3.05) is 18.6 Å². The maximum Gasteiger partial charge on any atom is 0.311 e. The molecule has 0 spiro atoms. The van der Waals surface area contributed by atoms with Crippen LogP contribution in [0.5, 0.6) is 11.5 Å². The van der Waals surface area contributed by atoms with Gasteiger partial charge in [0.25, 0.3) is 0 Å². The van der Waals surface area contributed by atoms with E-state index in [9.17, 15) is 4.79 Å². The van der Waals surface area contributed by atoms with E-state index in [0.29, 0.717) is 28.4 Å². The first-order valence-corrected chi connectivity index (χ1v) is 9.31. The molecule has 1 fully saturated rings. The zero-order valence-corrected chi connectivity index (χ0v) is 14.4. The molecule has 0 atom stereocenters. The molecule has 0 radical (unpaired) electrons. The first-order chi connectivity index (χ1) is 10.1. The zero-order chi connectivity index (χ0) is 15.2. The number of hydrogen-bond donors (Lipinski definition) is 0. The van der Waals surface area contributed by atoms with Crippen LogP contribution in [-0.2, 0) is 4.79 Å². The Balaban J connectivity index is 2.03. The Bertz CT molecular complexity index is 482. The second-order valence-corrected chi connectivity index (χ2v) is 8.11. The van der Waals surface area contributed by atoms with Gasteiger partial charge in [-0.1, -0.05) is 19.9 Å². The quantitative estimate of drug-likeness (QED) is 0.567. The summed E-state index contributed by atoms with van der Waals surface area (Å²) in [6.45, 7) is 4.19. The predicted octanol–water partition coefficient (Wildman–Crippen LogP) is 4.52. The van der Waals surface area contributed by atoms with E-state index in [1.165, 1.54) is 17.1 Å². The fourth-order valence-electron chi connectivity index (χ4n) is 2.05. The SMILES string of the molecule is COc1cc(C2SCCS2)ccc1OC(=O)CCC(C)C. The summed E-state index contributed by atoms with van der Waals surface area (Å²) in [5, 5.41) is 0. The van der Waals surface area contributed by atoms with Gasteiger partial charge in [-0.15, -0.1) is 23.5 Å². The van der Waals surface area contributed by atoms with Crippen molar-refractivity contribution >= 4 is 29.5 Å². The summed E-state index contributed by atoms with van der Waals surface area (Å²) in [6, 6.07) is 5.87. The third-order valence-corrected chi connectivity index (χ3v) is 6.34. The third kappa shape index (κ3) is 4.85. The number of ether oxygens (including phenoxy) is 2. The van der Waals surface area contributed by atoms with Crippen LogP contribution in [0.2, 0.25) is 0 Å². The molecular weight excluding hydrogens is 304 g/mol. The molecule has 1 aliphatic heterocycles. The predicted molar refractivity (Wildman–Crippen MR) is 90.4 cm³/mol. The monoisotopic (exact) mass is 326 g/mol. The molecule has 1 saturated heterocycles. The molecule has 1 aromatic rings. The second kappa shape index (κ2) is 7.99. The fourth-order valence-corrected chi connectivity index (χ4v) is 4.88. The van der Waals surface area contributed by atoms with Gasteiger partial charge in [0.2, 0.25) is 0 Å². The zero-order valence-electron chi connectivity index (χ0n) is 12.8. The fraction of sp³-hybridized carbons (Fsp3) is 0.562. The summed E-state index contributed by atoms with van der Waals surface area (Å²) in [4.78, 5) is 11.8. The minimum absolute atomic E-state index is 0.195. The van der Waals surface area contributed by atoms with Gasteiger partial charge in [0.05, 0.1) is 11.7 Å². The maximum absolute atomic E-state index is 11.8. The number of benzene rings is 1. The molecule has 0 aliphatic carbocycles. The summed E-state index contributed by atoms with van der Waals surface area (Å²) >= 11 is 3.89. The van der Waals surface area contributed by atoms with Crippen molar-refractivity contribution in [1.29, 1.82) is 0 Å². The molecule has 0 saturated carbocycles. The van der Waals surface area contributed by atoms with E-state index in [1.54, 1.807) is 7.11 Å². The molecule has 0 amide bonds. The van der Waals surface area contributed by atoms with E-state index >= 15 is 0 Å². The first kappa shape index (κ1) is 16.6. The van der Waals surface area contributed by atoms with Crippen molar-refractivity contribution in [1.82, 2.24) is 0 Å². The van der Waals surface area contributed by atoms with E-state index in [4.69, 9.17) is 9.47 Å². The Morgan fingerprint density at radius 2 is 2.00 bits per heavy atom. The highest BCUT2D eigenvalue weighted by Crippen LogP contribution is 2.46. The molecule has 116 valence electrons. The summed E-state index contributed by atoms with van der Waals surface area (Å²) in [5.74, 6) is 3.83. The van der Waals surface area contributed by atoms with Crippen LogP contribution in [0.1, 0.15) is 36.8 Å². The molecule has 0 aromatic heterocycles. The van der Waals surface area contributed by atoms with Crippen molar-refractivity contribution in [3.05, 3.63) is 23.8 Å². The summed E-state index contributed by atoms with van der Waals surface area (Å²) < 4.78 is 11.3. The van der Waals surface area contributed by atoms with Gasteiger partial charge in [-0.05, 0) is 30.0 Å². The Kier molecular flexibility index (Phi) is 6.30. The van der Waals surface area contributed by atoms with E-state index in [-0.39, 0.29) is 5.97 Å². The minimum atomic E-state index is -0.195.